The lowest BCUT2D eigenvalue weighted by molar-refractivity contribution is -0.137. The summed E-state index contributed by atoms with van der Waals surface area (Å²) < 4.78 is 25.1. The first-order chi connectivity index (χ1) is 17.4. The molecule has 0 bridgehead atoms. The number of β-amino-alcohol motifs (C(OH)–C–C–N with tert-alkyl or cyclic N) is 1. The maximum atomic E-state index is 13.6. The molecule has 3 aromatic rings. The Balaban J connectivity index is 1.53. The molecule has 1 aromatic heterocycles. The van der Waals surface area contributed by atoms with Crippen molar-refractivity contribution in [2.75, 3.05) is 37.0 Å². The standard InChI is InChI=1S/C24H21ClFN5O5/c25-16-7-13(1-2-17(16)26)29-23-15-8-19(30-20-10-22(33)31(4-5-32)24(20)34)21(9-18(15)27-12-28-23)36-14-3-6-35-11-14/h1-2,7-10,12,14,30,32H,3-6,11H2,(H,27,28,29). The highest BCUT2D eigenvalue weighted by Gasteiger charge is 2.31. The maximum absolute atomic E-state index is 13.6. The second-order valence-corrected chi connectivity index (χ2v) is 8.55. The summed E-state index contributed by atoms with van der Waals surface area (Å²) in [6.07, 6.45) is 3.06. The summed E-state index contributed by atoms with van der Waals surface area (Å²) >= 11 is 5.91. The molecule has 1 atom stereocenters. The van der Waals surface area contributed by atoms with E-state index in [0.717, 1.165) is 4.90 Å². The molecule has 2 aromatic carbocycles. The molecule has 3 N–H and O–H groups in total. The monoisotopic (exact) mass is 513 g/mol. The molecule has 0 radical (unpaired) electrons. The molecule has 3 heterocycles. The number of carbonyl (C=O) groups is 2. The lowest BCUT2D eigenvalue weighted by atomic mass is 10.1. The minimum absolute atomic E-state index is 0.0389. The van der Waals surface area contributed by atoms with Gasteiger partial charge in [0.15, 0.2) is 0 Å². The van der Waals surface area contributed by atoms with E-state index in [1.54, 1.807) is 12.1 Å². The maximum Gasteiger partial charge on any atom is 0.277 e. The summed E-state index contributed by atoms with van der Waals surface area (Å²) in [6, 6.07) is 7.60. The number of hydrogen-bond donors (Lipinski definition) is 3. The second-order valence-electron chi connectivity index (χ2n) is 8.15. The summed E-state index contributed by atoms with van der Waals surface area (Å²) in [5.41, 5.74) is 1.50. The van der Waals surface area contributed by atoms with Gasteiger partial charge in [0.05, 0.1) is 42.6 Å². The summed E-state index contributed by atoms with van der Waals surface area (Å²) in [7, 11) is 0. The van der Waals surface area contributed by atoms with Crippen molar-refractivity contribution < 1.29 is 28.6 Å². The van der Waals surface area contributed by atoms with Crippen molar-refractivity contribution in [3.63, 3.8) is 0 Å². The van der Waals surface area contributed by atoms with Gasteiger partial charge in [0.1, 0.15) is 35.5 Å². The lowest BCUT2D eigenvalue weighted by Crippen LogP contribution is -2.34. The molecule has 0 spiro atoms. The van der Waals surface area contributed by atoms with Gasteiger partial charge in [-0.05, 0) is 24.3 Å². The van der Waals surface area contributed by atoms with Gasteiger partial charge in [0, 0.05) is 29.6 Å². The van der Waals surface area contributed by atoms with Crippen molar-refractivity contribution in [3.8, 4) is 5.75 Å². The number of fused-ring (bicyclic) bond motifs is 1. The highest BCUT2D eigenvalue weighted by Crippen LogP contribution is 2.36. The van der Waals surface area contributed by atoms with Crippen molar-refractivity contribution in [2.24, 2.45) is 0 Å². The van der Waals surface area contributed by atoms with Crippen molar-refractivity contribution in [1.29, 1.82) is 0 Å². The van der Waals surface area contributed by atoms with E-state index >= 15 is 0 Å². The molecule has 0 aliphatic carbocycles. The first kappa shape index (κ1) is 23.9. The van der Waals surface area contributed by atoms with Gasteiger partial charge < -0.3 is 25.2 Å². The van der Waals surface area contributed by atoms with E-state index in [9.17, 15) is 19.1 Å². The van der Waals surface area contributed by atoms with Gasteiger partial charge in [-0.25, -0.2) is 14.4 Å². The van der Waals surface area contributed by atoms with Crippen LogP contribution >= 0.6 is 11.6 Å². The quantitative estimate of drug-likeness (QED) is 0.390. The van der Waals surface area contributed by atoms with Crippen LogP contribution in [0.15, 0.2) is 48.4 Å². The highest BCUT2D eigenvalue weighted by molar-refractivity contribution is 6.31. The Morgan fingerprint density at radius 3 is 2.83 bits per heavy atom. The molecule has 1 unspecified atom stereocenters. The molecule has 10 nitrogen and oxygen atoms in total. The van der Waals surface area contributed by atoms with E-state index in [1.165, 1.54) is 30.6 Å². The third-order valence-electron chi connectivity index (χ3n) is 5.70. The third-order valence-corrected chi connectivity index (χ3v) is 5.99. The average molecular weight is 514 g/mol. The van der Waals surface area contributed by atoms with Gasteiger partial charge >= 0.3 is 0 Å². The van der Waals surface area contributed by atoms with Crippen LogP contribution in [0.5, 0.6) is 5.75 Å². The van der Waals surface area contributed by atoms with Crippen LogP contribution in [0.1, 0.15) is 6.42 Å². The Hall–Kier alpha value is -3.80. The molecular weight excluding hydrogens is 493 g/mol. The fourth-order valence-electron chi connectivity index (χ4n) is 3.93. The van der Waals surface area contributed by atoms with Crippen LogP contribution in [-0.2, 0) is 14.3 Å². The van der Waals surface area contributed by atoms with E-state index < -0.39 is 17.6 Å². The first-order valence-electron chi connectivity index (χ1n) is 11.1. The molecule has 2 aliphatic heterocycles. The van der Waals surface area contributed by atoms with Crippen LogP contribution in [0, 0.1) is 5.82 Å². The Kier molecular flexibility index (Phi) is 6.68. The molecule has 0 saturated carbocycles. The zero-order chi connectivity index (χ0) is 25.2. The van der Waals surface area contributed by atoms with E-state index in [-0.39, 0.29) is 30.0 Å². The fraction of sp³-hybridized carbons (Fsp3) is 0.250. The molecule has 12 heteroatoms. The Morgan fingerprint density at radius 1 is 1.22 bits per heavy atom. The summed E-state index contributed by atoms with van der Waals surface area (Å²) in [5.74, 6) is -0.811. The number of nitrogens with one attached hydrogen (secondary N) is 2. The number of nitrogens with zero attached hydrogens (tertiary/aromatic N) is 3. The predicted molar refractivity (Wildman–Crippen MR) is 130 cm³/mol. The first-order valence-corrected chi connectivity index (χ1v) is 11.5. The number of amides is 2. The van der Waals surface area contributed by atoms with E-state index in [4.69, 9.17) is 21.1 Å². The van der Waals surface area contributed by atoms with Crippen LogP contribution in [0.25, 0.3) is 10.9 Å². The molecular formula is C24H21ClFN5O5. The zero-order valence-electron chi connectivity index (χ0n) is 18.8. The molecule has 2 aliphatic rings. The third kappa shape index (κ3) is 4.81. The van der Waals surface area contributed by atoms with E-state index in [1.807, 2.05) is 0 Å². The predicted octanol–water partition coefficient (Wildman–Crippen LogP) is 2.99. The highest BCUT2D eigenvalue weighted by atomic mass is 35.5. The van der Waals surface area contributed by atoms with Crippen LogP contribution in [0.2, 0.25) is 5.02 Å². The summed E-state index contributed by atoms with van der Waals surface area (Å²) in [4.78, 5) is 34.5. The van der Waals surface area contributed by atoms with Gasteiger partial charge in [-0.2, -0.15) is 0 Å². The number of hydrogen-bond acceptors (Lipinski definition) is 9. The minimum atomic E-state index is -0.562. The van der Waals surface area contributed by atoms with Crippen molar-refractivity contribution in [3.05, 3.63) is 59.3 Å². The molecule has 186 valence electrons. The summed E-state index contributed by atoms with van der Waals surface area (Å²) in [5, 5.41) is 15.8. The second kappa shape index (κ2) is 10.1. The van der Waals surface area contributed by atoms with Crippen molar-refractivity contribution in [1.82, 2.24) is 14.9 Å². The van der Waals surface area contributed by atoms with Crippen LogP contribution in [-0.4, -0.2) is 64.3 Å². The number of carbonyl (C=O) groups excluding carboxylic acids is 2. The van der Waals surface area contributed by atoms with Crippen LogP contribution in [0.3, 0.4) is 0 Å². The van der Waals surface area contributed by atoms with E-state index in [0.29, 0.717) is 53.5 Å². The largest absolute Gasteiger partial charge is 0.486 e. The van der Waals surface area contributed by atoms with Crippen LogP contribution in [0.4, 0.5) is 21.6 Å². The van der Waals surface area contributed by atoms with Gasteiger partial charge in [0.2, 0.25) is 0 Å². The lowest BCUT2D eigenvalue weighted by Gasteiger charge is -2.19. The van der Waals surface area contributed by atoms with Crippen LogP contribution < -0.4 is 15.4 Å². The molecule has 2 amide bonds. The number of benzene rings is 2. The minimum Gasteiger partial charge on any atom is -0.486 e. The molecule has 1 saturated heterocycles. The van der Waals surface area contributed by atoms with Gasteiger partial charge in [-0.1, -0.05) is 11.6 Å². The number of aliphatic hydroxyl groups excluding tert-OH is 1. The number of rotatable bonds is 8. The Bertz CT molecular complexity index is 1380. The number of anilines is 3. The number of halogens is 2. The van der Waals surface area contributed by atoms with Gasteiger partial charge in [0.25, 0.3) is 11.8 Å². The molecule has 36 heavy (non-hydrogen) atoms. The zero-order valence-corrected chi connectivity index (χ0v) is 19.6. The van der Waals surface area contributed by atoms with Gasteiger partial charge in [-0.15, -0.1) is 0 Å². The number of aromatic nitrogens is 2. The Morgan fingerprint density at radius 2 is 2.08 bits per heavy atom. The SMILES string of the molecule is O=C1C=C(Nc2cc3c(Nc4ccc(F)c(Cl)c4)ncnc3cc2OC2CCOC2)C(=O)N1CCO. The smallest absolute Gasteiger partial charge is 0.277 e. The number of aliphatic hydroxyl groups is 1. The summed E-state index contributed by atoms with van der Waals surface area (Å²) in [6.45, 7) is 0.544. The average Bonchev–Trinajstić information content (AvgIpc) is 3.46. The molecule has 1 fully saturated rings. The van der Waals surface area contributed by atoms with Crippen molar-refractivity contribution in [2.45, 2.75) is 12.5 Å². The van der Waals surface area contributed by atoms with E-state index in [2.05, 4.69) is 20.6 Å². The number of ether oxygens (including phenoxy) is 2. The van der Waals surface area contributed by atoms with Gasteiger partial charge in [-0.3, -0.25) is 14.5 Å². The Labute approximate surface area is 209 Å². The topological polar surface area (TPSA) is 126 Å². The molecule has 5 rings (SSSR count). The number of imide groups is 1. The van der Waals surface area contributed by atoms with Crippen molar-refractivity contribution >= 4 is 51.5 Å². The normalized spacial score (nSPS) is 17.6. The fourth-order valence-corrected chi connectivity index (χ4v) is 4.11.